The predicted octanol–water partition coefficient (Wildman–Crippen LogP) is 3.14. The summed E-state index contributed by atoms with van der Waals surface area (Å²) in [4.78, 5) is 50.0. The van der Waals surface area contributed by atoms with Crippen LogP contribution in [0.15, 0.2) is 30.7 Å². The fraction of sp³-hybridized carbons (Fsp3) is 0.676. The maximum atomic E-state index is 14.6. The second-order valence-corrected chi connectivity index (χ2v) is 17.5. The lowest BCUT2D eigenvalue weighted by Crippen LogP contribution is -2.55. The number of amides is 3. The molecule has 5 rings (SSSR count). The average Bonchev–Trinajstić information content (AvgIpc) is 3.87. The van der Waals surface area contributed by atoms with Crippen LogP contribution in [0.4, 0.5) is 0 Å². The first-order valence-electron chi connectivity index (χ1n) is 18.2. The summed E-state index contributed by atoms with van der Waals surface area (Å²) in [6, 6.07) is -0.354. The molecule has 0 radical (unpaired) electrons. The molecule has 3 amide bonds. The van der Waals surface area contributed by atoms with E-state index in [1.165, 1.54) is 11.0 Å². The van der Waals surface area contributed by atoms with Crippen molar-refractivity contribution in [1.82, 2.24) is 24.8 Å². The zero-order valence-electron chi connectivity index (χ0n) is 30.6. The Balaban J connectivity index is 1.41. The molecular weight excluding hydrogens is 675 g/mol. The van der Waals surface area contributed by atoms with Gasteiger partial charge < -0.3 is 24.8 Å². The number of pyridine rings is 1. The van der Waals surface area contributed by atoms with Crippen molar-refractivity contribution in [2.24, 2.45) is 17.3 Å². The minimum absolute atomic E-state index is 0.0137. The highest BCUT2D eigenvalue weighted by Gasteiger charge is 2.47. The second-order valence-electron chi connectivity index (χ2n) is 15.5. The van der Waals surface area contributed by atoms with E-state index in [9.17, 15) is 27.9 Å². The van der Waals surface area contributed by atoms with Gasteiger partial charge in [-0.2, -0.15) is 0 Å². The number of hydrogen-bond donors (Lipinski definition) is 3. The predicted molar refractivity (Wildman–Crippen MR) is 192 cm³/mol. The van der Waals surface area contributed by atoms with Gasteiger partial charge in [0.2, 0.25) is 27.7 Å². The molecule has 2 aliphatic carbocycles. The third kappa shape index (κ3) is 9.31. The molecule has 6 atom stereocenters. The maximum Gasteiger partial charge on any atom is 0.256 e. The highest BCUT2D eigenvalue weighted by atomic mass is 32.2. The molecular formula is C37H55N5O8S. The summed E-state index contributed by atoms with van der Waals surface area (Å²) in [5.41, 5.74) is 1.28. The number of sulfonamides is 1. The fourth-order valence-electron chi connectivity index (χ4n) is 7.36. The summed E-state index contributed by atoms with van der Waals surface area (Å²) in [5.74, 6) is -1.01. The molecule has 14 heteroatoms. The van der Waals surface area contributed by atoms with Crippen LogP contribution in [0.3, 0.4) is 0 Å². The number of methoxy groups -OCH3 is 1. The average molecular weight is 730 g/mol. The largest absolute Gasteiger partial charge is 0.501 e. The number of carbonyl (C=O) groups excluding carboxylic acids is 3. The van der Waals surface area contributed by atoms with Gasteiger partial charge in [-0.25, -0.2) is 13.4 Å². The summed E-state index contributed by atoms with van der Waals surface area (Å²) < 4.78 is 39.3. The number of nitrogens with one attached hydrogen (secondary N) is 2. The first-order valence-corrected chi connectivity index (χ1v) is 19.8. The van der Waals surface area contributed by atoms with Crippen molar-refractivity contribution >= 4 is 33.8 Å². The Morgan fingerprint density at radius 1 is 1.18 bits per heavy atom. The van der Waals surface area contributed by atoms with Crippen molar-refractivity contribution in [1.29, 1.82) is 0 Å². The third-order valence-electron chi connectivity index (χ3n) is 10.6. The summed E-state index contributed by atoms with van der Waals surface area (Å²) in [6.07, 6.45) is 8.60. The van der Waals surface area contributed by atoms with Gasteiger partial charge in [0, 0.05) is 43.1 Å². The van der Waals surface area contributed by atoms with E-state index in [1.54, 1.807) is 13.3 Å². The zero-order valence-corrected chi connectivity index (χ0v) is 31.4. The topological polar surface area (TPSA) is 167 Å². The molecule has 0 spiro atoms. The minimum Gasteiger partial charge on any atom is -0.501 e. The Kier molecular flexibility index (Phi) is 12.2. The van der Waals surface area contributed by atoms with E-state index in [4.69, 9.17) is 9.47 Å². The van der Waals surface area contributed by atoms with Crippen LogP contribution in [0.1, 0.15) is 90.2 Å². The zero-order chi connectivity index (χ0) is 37.1. The van der Waals surface area contributed by atoms with Crippen LogP contribution in [0, 0.1) is 17.3 Å². The number of allylic oxidation sites excluding steroid dienone is 1. The van der Waals surface area contributed by atoms with Crippen molar-refractivity contribution in [3.8, 4) is 5.88 Å². The van der Waals surface area contributed by atoms with E-state index in [-0.39, 0.29) is 37.6 Å². The van der Waals surface area contributed by atoms with Crippen LogP contribution in [0.5, 0.6) is 5.88 Å². The maximum absolute atomic E-state index is 14.6. The number of aromatic nitrogens is 1. The van der Waals surface area contributed by atoms with Crippen LogP contribution < -0.4 is 14.8 Å². The lowest BCUT2D eigenvalue weighted by atomic mass is 9.77. The normalized spacial score (nSPS) is 24.4. The molecule has 0 bridgehead atoms. The van der Waals surface area contributed by atoms with Gasteiger partial charge in [0.1, 0.15) is 24.4 Å². The first kappa shape index (κ1) is 38.7. The van der Waals surface area contributed by atoms with Crippen LogP contribution >= 0.6 is 0 Å². The third-order valence-corrected chi connectivity index (χ3v) is 12.4. The monoisotopic (exact) mass is 729 g/mol. The Morgan fingerprint density at radius 2 is 1.88 bits per heavy atom. The summed E-state index contributed by atoms with van der Waals surface area (Å²) in [7, 11) is -2.21. The van der Waals surface area contributed by atoms with E-state index in [2.05, 4.69) is 28.5 Å². The number of aliphatic hydroxyl groups excluding tert-OH is 1. The van der Waals surface area contributed by atoms with Crippen molar-refractivity contribution < 1.29 is 37.4 Å². The van der Waals surface area contributed by atoms with Crippen molar-refractivity contribution in [3.05, 3.63) is 41.8 Å². The van der Waals surface area contributed by atoms with Gasteiger partial charge in [-0.1, -0.05) is 40.2 Å². The molecule has 3 unspecified atom stereocenters. The molecule has 0 aromatic carbocycles. The molecule has 2 aliphatic heterocycles. The lowest BCUT2D eigenvalue weighted by Gasteiger charge is -2.39. The molecule has 13 nitrogen and oxygen atoms in total. The molecule has 1 aromatic heterocycles. The number of likely N-dealkylation sites (tertiary alicyclic amines) is 2. The summed E-state index contributed by atoms with van der Waals surface area (Å²) in [5, 5.41) is 13.4. The van der Waals surface area contributed by atoms with E-state index in [0.717, 1.165) is 49.2 Å². The van der Waals surface area contributed by atoms with Crippen LogP contribution in [-0.4, -0.2) is 102 Å². The molecule has 3 heterocycles. The molecule has 4 aliphatic rings. The SMILES string of the molecule is C=CC[C@@H](NC(=O)[C@@H]1CC(Oc2nccc3c2CC(C)C(OC)=C3)CN1C(=O)[C@@H](CC(O)N1CCCCC1)C(C)(C)C)C(=O)NS(=O)(=O)C1CC1. The van der Waals surface area contributed by atoms with Gasteiger partial charge in [-0.15, -0.1) is 6.58 Å². The molecule has 51 heavy (non-hydrogen) atoms. The minimum atomic E-state index is -3.85. The number of fused-ring (bicyclic) bond motifs is 1. The summed E-state index contributed by atoms with van der Waals surface area (Å²) >= 11 is 0. The number of piperidine rings is 1. The number of carbonyl (C=O) groups is 3. The Morgan fingerprint density at radius 3 is 2.51 bits per heavy atom. The van der Waals surface area contributed by atoms with Gasteiger partial charge in [-0.05, 0) is 68.1 Å². The second kappa shape index (κ2) is 16.0. The number of aliphatic hydroxyl groups is 1. The Labute approximate surface area is 302 Å². The number of hydrogen-bond acceptors (Lipinski definition) is 10. The molecule has 282 valence electrons. The molecule has 1 aromatic rings. The number of ether oxygens (including phenoxy) is 2. The highest BCUT2D eigenvalue weighted by Crippen LogP contribution is 2.37. The van der Waals surface area contributed by atoms with Crippen LogP contribution in [-0.2, 0) is 35.6 Å². The number of nitrogens with zero attached hydrogens (tertiary/aromatic N) is 3. The standard InChI is InChI=1S/C37H55N5O8S/c1-7-11-29(33(44)40-51(47,48)26-12-13-26)39-34(45)30-20-25(50-35-27-18-23(2)31(49-6)19-24(27)14-15-38-35)22-42(30)36(46)28(37(3,4)5)21-32(43)41-16-9-8-10-17-41/h7,14-15,19,23,25-26,28-30,32,43H,1,8-13,16-18,20-22H2,2-6H3,(H,39,45)(H,40,44)/t23?,25?,28-,29-,30+,32?/m1/s1. The van der Waals surface area contributed by atoms with E-state index < -0.39 is 62.8 Å². The van der Waals surface area contributed by atoms with Gasteiger partial charge in [0.15, 0.2) is 0 Å². The fourth-order valence-corrected chi connectivity index (χ4v) is 8.71. The smallest absolute Gasteiger partial charge is 0.256 e. The lowest BCUT2D eigenvalue weighted by molar-refractivity contribution is -0.147. The molecule has 1 saturated carbocycles. The first-order chi connectivity index (χ1) is 24.1. The van der Waals surface area contributed by atoms with Gasteiger partial charge in [0.25, 0.3) is 5.91 Å². The van der Waals surface area contributed by atoms with Gasteiger partial charge in [0.05, 0.1) is 24.7 Å². The van der Waals surface area contributed by atoms with E-state index in [1.807, 2.05) is 37.8 Å². The molecule has 3 fully saturated rings. The number of rotatable bonds is 14. The summed E-state index contributed by atoms with van der Waals surface area (Å²) in [6.45, 7) is 13.2. The van der Waals surface area contributed by atoms with E-state index >= 15 is 0 Å². The van der Waals surface area contributed by atoms with Crippen LogP contribution in [0.2, 0.25) is 0 Å². The van der Waals surface area contributed by atoms with Crippen molar-refractivity contribution in [2.75, 3.05) is 26.7 Å². The quantitative estimate of drug-likeness (QED) is 0.242. The van der Waals surface area contributed by atoms with Crippen molar-refractivity contribution in [2.45, 2.75) is 115 Å². The molecule has 3 N–H and O–H groups in total. The van der Waals surface area contributed by atoms with Crippen LogP contribution in [0.25, 0.3) is 6.08 Å². The Bertz CT molecular complexity index is 1600. The molecule has 2 saturated heterocycles. The van der Waals surface area contributed by atoms with Gasteiger partial charge >= 0.3 is 0 Å². The Hall–Kier alpha value is -3.49. The van der Waals surface area contributed by atoms with E-state index in [0.29, 0.717) is 25.1 Å². The van der Waals surface area contributed by atoms with Gasteiger partial charge in [-0.3, -0.25) is 24.0 Å². The highest BCUT2D eigenvalue weighted by molar-refractivity contribution is 7.90. The van der Waals surface area contributed by atoms with Crippen molar-refractivity contribution in [3.63, 3.8) is 0 Å².